The Morgan fingerprint density at radius 2 is 0.652 bits per heavy atom. The van der Waals surface area contributed by atoms with Crippen LogP contribution in [0.2, 0.25) is 0 Å². The minimum absolute atomic E-state index is 0.567. The van der Waals surface area contributed by atoms with Gasteiger partial charge in [0, 0.05) is 66.9 Å². The van der Waals surface area contributed by atoms with Crippen molar-refractivity contribution in [1.82, 2.24) is 23.3 Å². The molecule has 5 heterocycles. The van der Waals surface area contributed by atoms with Gasteiger partial charge in [0.05, 0.1) is 55.5 Å². The summed E-state index contributed by atoms with van der Waals surface area (Å²) in [6.07, 6.45) is 3.69. The molecule has 0 saturated carbocycles. The van der Waals surface area contributed by atoms with E-state index in [0.29, 0.717) is 5.56 Å². The molecule has 0 aliphatic rings. The number of benzene rings is 9. The Labute approximate surface area is 378 Å². The van der Waals surface area contributed by atoms with Crippen molar-refractivity contribution < 1.29 is 0 Å². The number of fused-ring (bicyclic) bond motifs is 14. The normalized spacial score (nSPS) is 11.9. The van der Waals surface area contributed by atoms with Crippen molar-refractivity contribution in [3.63, 3.8) is 0 Å². The van der Waals surface area contributed by atoms with Gasteiger partial charge in [0.15, 0.2) is 0 Å². The molecule has 0 aliphatic heterocycles. The summed E-state index contributed by atoms with van der Waals surface area (Å²) in [5, 5.41) is 21.1. The lowest BCUT2D eigenvalue weighted by atomic mass is 10.0. The van der Waals surface area contributed by atoms with Crippen LogP contribution in [0, 0.1) is 11.3 Å². The zero-order chi connectivity index (χ0) is 43.5. The van der Waals surface area contributed by atoms with Gasteiger partial charge in [-0.3, -0.25) is 4.98 Å². The second-order valence-electron chi connectivity index (χ2n) is 17.0. The van der Waals surface area contributed by atoms with Crippen molar-refractivity contribution in [2.75, 3.05) is 0 Å². The maximum absolute atomic E-state index is 12.0. The lowest BCUT2D eigenvalue weighted by Gasteiger charge is -2.19. The van der Waals surface area contributed by atoms with Gasteiger partial charge in [-0.05, 0) is 83.9 Å². The molecule has 14 aromatic rings. The van der Waals surface area contributed by atoms with E-state index < -0.39 is 0 Å². The minimum atomic E-state index is 0.567. The Hall–Kier alpha value is -9.18. The number of aromatic nitrogens is 5. The van der Waals surface area contributed by atoms with Crippen molar-refractivity contribution in [3.05, 3.63) is 224 Å². The van der Waals surface area contributed by atoms with Gasteiger partial charge < -0.3 is 18.3 Å². The second kappa shape index (κ2) is 13.9. The van der Waals surface area contributed by atoms with Crippen LogP contribution >= 0.6 is 0 Å². The van der Waals surface area contributed by atoms with Crippen molar-refractivity contribution in [3.8, 4) is 39.9 Å². The largest absolute Gasteiger partial charge is 0.307 e. The molecule has 0 aliphatic carbocycles. The summed E-state index contributed by atoms with van der Waals surface area (Å²) in [5.74, 6) is 0. The number of hydrogen-bond donors (Lipinski definition) is 0. The van der Waals surface area contributed by atoms with Crippen molar-refractivity contribution >= 4 is 87.2 Å². The van der Waals surface area contributed by atoms with Crippen LogP contribution in [0.5, 0.6) is 0 Å². The highest BCUT2D eigenvalue weighted by atomic mass is 15.1. The molecule has 0 amide bonds. The van der Waals surface area contributed by atoms with Gasteiger partial charge in [0.25, 0.3) is 0 Å². The third-order valence-electron chi connectivity index (χ3n) is 13.7. The lowest BCUT2D eigenvalue weighted by Crippen LogP contribution is -2.06. The van der Waals surface area contributed by atoms with E-state index in [2.05, 4.69) is 236 Å². The fourth-order valence-corrected chi connectivity index (χ4v) is 11.0. The molecule has 6 nitrogen and oxygen atoms in total. The van der Waals surface area contributed by atoms with Gasteiger partial charge in [-0.25, -0.2) is 0 Å². The van der Waals surface area contributed by atoms with E-state index >= 15 is 0 Å². The number of pyridine rings is 1. The van der Waals surface area contributed by atoms with E-state index in [1.165, 1.54) is 10.8 Å². The van der Waals surface area contributed by atoms with Crippen LogP contribution < -0.4 is 0 Å². The minimum Gasteiger partial charge on any atom is -0.307 e. The van der Waals surface area contributed by atoms with Crippen LogP contribution in [0.25, 0.3) is 121 Å². The molecule has 0 saturated heterocycles. The molecule has 0 spiro atoms. The Morgan fingerprint density at radius 3 is 1.03 bits per heavy atom. The van der Waals surface area contributed by atoms with Crippen LogP contribution in [0.3, 0.4) is 0 Å². The van der Waals surface area contributed by atoms with E-state index in [1.807, 2.05) is 12.4 Å². The summed E-state index contributed by atoms with van der Waals surface area (Å²) >= 11 is 0. The highest BCUT2D eigenvalue weighted by Gasteiger charge is 2.27. The smallest absolute Gasteiger partial charge is 0.104 e. The maximum atomic E-state index is 12.0. The molecule has 9 aromatic carbocycles. The highest BCUT2D eigenvalue weighted by molar-refractivity contribution is 6.25. The number of nitriles is 1. The second-order valence-corrected chi connectivity index (χ2v) is 17.0. The van der Waals surface area contributed by atoms with E-state index in [0.717, 1.165) is 110 Å². The zero-order valence-electron chi connectivity index (χ0n) is 35.5. The number of nitrogens with zero attached hydrogens (tertiary/aromatic N) is 6. The molecule has 0 N–H and O–H groups in total. The molecule has 5 aromatic heterocycles. The molecule has 66 heavy (non-hydrogen) atoms. The maximum Gasteiger partial charge on any atom is 0.104 e. The average molecular weight is 841 g/mol. The Bertz CT molecular complexity index is 4080. The SMILES string of the molecule is N#Cc1c(-n2c3ccccc3c3ccc4c5ccccc5n(-c5ccccc5)c4c32)cc(-c2ccncc2)cc1-n1c2ccccc2c2ccc3c4ccccc4n(-c4ccccc4)c3c21. The van der Waals surface area contributed by atoms with E-state index in [-0.39, 0.29) is 0 Å². The van der Waals surface area contributed by atoms with Crippen molar-refractivity contribution in [2.45, 2.75) is 0 Å². The summed E-state index contributed by atoms with van der Waals surface area (Å²) < 4.78 is 9.52. The molecule has 0 bridgehead atoms. The molecule has 14 rings (SSSR count). The number of para-hydroxylation sites is 6. The van der Waals surface area contributed by atoms with Crippen molar-refractivity contribution in [1.29, 1.82) is 5.26 Å². The Morgan fingerprint density at radius 1 is 0.318 bits per heavy atom. The Balaban J connectivity index is 1.21. The molecule has 0 unspecified atom stereocenters. The van der Waals surface area contributed by atoms with Crippen molar-refractivity contribution in [2.24, 2.45) is 0 Å². The zero-order valence-corrected chi connectivity index (χ0v) is 35.5. The predicted molar refractivity (Wildman–Crippen MR) is 272 cm³/mol. The van der Waals surface area contributed by atoms with Gasteiger partial charge in [-0.2, -0.15) is 5.26 Å². The molecular formula is C60H36N6. The predicted octanol–water partition coefficient (Wildman–Crippen LogP) is 15.0. The van der Waals surface area contributed by atoms with Crippen LogP contribution in [0.4, 0.5) is 0 Å². The topological polar surface area (TPSA) is 56.4 Å². The summed E-state index contributed by atoms with van der Waals surface area (Å²) in [4.78, 5) is 4.43. The summed E-state index contributed by atoms with van der Waals surface area (Å²) in [5.41, 5.74) is 14.8. The first kappa shape index (κ1) is 36.3. The standard InChI is InChI=1S/C60H36N6/c61-37-50-55(65-53-25-13-9-21-44(53)48-29-27-46-42-19-7-11-23-51(42)63(57(46)59(48)65)40-15-3-1-4-16-40)35-39(38-31-33-62-34-32-38)36-56(50)66-54-26-14-10-22-45(54)49-30-28-47-43-20-8-12-24-52(43)64(58(47)60(49)66)41-17-5-2-6-18-41/h1-36H. The van der Waals surface area contributed by atoms with Crippen LogP contribution in [-0.2, 0) is 0 Å². The molecule has 0 radical (unpaired) electrons. The summed E-state index contributed by atoms with van der Waals surface area (Å²) in [6, 6.07) is 76.3. The first-order valence-corrected chi connectivity index (χ1v) is 22.3. The number of hydrogen-bond acceptors (Lipinski definition) is 2. The molecule has 0 fully saturated rings. The van der Waals surface area contributed by atoms with E-state index in [4.69, 9.17) is 0 Å². The molecule has 306 valence electrons. The van der Waals surface area contributed by atoms with Gasteiger partial charge >= 0.3 is 0 Å². The van der Waals surface area contributed by atoms with Crippen LogP contribution in [-0.4, -0.2) is 23.3 Å². The monoisotopic (exact) mass is 840 g/mol. The first-order valence-electron chi connectivity index (χ1n) is 22.3. The summed E-state index contributed by atoms with van der Waals surface area (Å²) in [7, 11) is 0. The highest BCUT2D eigenvalue weighted by Crippen LogP contribution is 2.46. The third-order valence-corrected chi connectivity index (χ3v) is 13.7. The van der Waals surface area contributed by atoms with Gasteiger partial charge in [-0.1, -0.05) is 133 Å². The van der Waals surface area contributed by atoms with Gasteiger partial charge in [-0.15, -0.1) is 0 Å². The third kappa shape index (κ3) is 4.97. The summed E-state index contributed by atoms with van der Waals surface area (Å²) in [6.45, 7) is 0. The quantitative estimate of drug-likeness (QED) is 0.173. The average Bonchev–Trinajstić information content (AvgIpc) is 4.12. The van der Waals surface area contributed by atoms with Gasteiger partial charge in [0.2, 0.25) is 0 Å². The number of rotatable bonds is 5. The Kier molecular flexibility index (Phi) is 7.65. The van der Waals surface area contributed by atoms with Crippen LogP contribution in [0.15, 0.2) is 219 Å². The molecule has 6 heteroatoms. The van der Waals surface area contributed by atoms with E-state index in [1.54, 1.807) is 0 Å². The van der Waals surface area contributed by atoms with Crippen LogP contribution in [0.1, 0.15) is 5.56 Å². The fourth-order valence-electron chi connectivity index (χ4n) is 11.0. The first-order chi connectivity index (χ1) is 32.8. The fraction of sp³-hybridized carbons (Fsp3) is 0. The lowest BCUT2D eigenvalue weighted by molar-refractivity contribution is 1.11. The molecular weight excluding hydrogens is 805 g/mol. The van der Waals surface area contributed by atoms with E-state index in [9.17, 15) is 5.26 Å². The van der Waals surface area contributed by atoms with Gasteiger partial charge in [0.1, 0.15) is 11.6 Å². The molecule has 0 atom stereocenters.